The van der Waals surface area contributed by atoms with Crippen LogP contribution in [0.1, 0.15) is 24.0 Å². The smallest absolute Gasteiger partial charge is 0.0698 e. The van der Waals surface area contributed by atoms with Gasteiger partial charge in [-0.25, -0.2) is 0 Å². The van der Waals surface area contributed by atoms with Gasteiger partial charge in [-0.1, -0.05) is 24.3 Å². The SMILES string of the molecule is OCCOCCNC1C2CCC1Cc1ccccc1C2. The number of benzene rings is 1. The van der Waals surface area contributed by atoms with Crippen molar-refractivity contribution in [3.05, 3.63) is 35.4 Å². The van der Waals surface area contributed by atoms with Gasteiger partial charge < -0.3 is 15.2 Å². The van der Waals surface area contributed by atoms with Gasteiger partial charge in [0.2, 0.25) is 0 Å². The third-order valence-electron chi connectivity index (χ3n) is 4.87. The Morgan fingerprint density at radius 2 is 1.70 bits per heavy atom. The first-order valence-corrected chi connectivity index (χ1v) is 7.87. The molecule has 0 amide bonds. The maximum Gasteiger partial charge on any atom is 0.0698 e. The van der Waals surface area contributed by atoms with Crippen molar-refractivity contribution in [1.29, 1.82) is 0 Å². The quantitative estimate of drug-likeness (QED) is 0.778. The molecule has 20 heavy (non-hydrogen) atoms. The first kappa shape index (κ1) is 14.1. The molecule has 0 radical (unpaired) electrons. The Kier molecular flexibility index (Phi) is 4.71. The van der Waals surface area contributed by atoms with Crippen LogP contribution in [0, 0.1) is 11.8 Å². The molecule has 3 heteroatoms. The zero-order valence-electron chi connectivity index (χ0n) is 12.1. The van der Waals surface area contributed by atoms with E-state index >= 15 is 0 Å². The number of ether oxygens (including phenoxy) is 1. The molecule has 2 unspecified atom stereocenters. The van der Waals surface area contributed by atoms with E-state index in [0.717, 1.165) is 18.4 Å². The van der Waals surface area contributed by atoms with Gasteiger partial charge in [-0.2, -0.15) is 0 Å². The second-order valence-electron chi connectivity index (χ2n) is 6.09. The molecule has 0 saturated heterocycles. The molecule has 0 spiro atoms. The highest BCUT2D eigenvalue weighted by Crippen LogP contribution is 2.39. The predicted molar refractivity (Wildman–Crippen MR) is 79.8 cm³/mol. The summed E-state index contributed by atoms with van der Waals surface area (Å²) in [7, 11) is 0. The summed E-state index contributed by atoms with van der Waals surface area (Å²) in [5.41, 5.74) is 3.12. The number of hydrogen-bond donors (Lipinski definition) is 2. The number of hydrogen-bond acceptors (Lipinski definition) is 3. The lowest BCUT2D eigenvalue weighted by Gasteiger charge is -2.23. The largest absolute Gasteiger partial charge is 0.394 e. The minimum Gasteiger partial charge on any atom is -0.394 e. The Balaban J connectivity index is 1.58. The maximum atomic E-state index is 8.70. The normalized spacial score (nSPS) is 28.1. The maximum absolute atomic E-state index is 8.70. The number of nitrogens with one attached hydrogen (secondary N) is 1. The molecule has 2 aliphatic rings. The summed E-state index contributed by atoms with van der Waals surface area (Å²) in [5.74, 6) is 1.56. The van der Waals surface area contributed by atoms with E-state index in [1.54, 1.807) is 11.1 Å². The van der Waals surface area contributed by atoms with Crippen molar-refractivity contribution in [3.8, 4) is 0 Å². The monoisotopic (exact) mass is 275 g/mol. The van der Waals surface area contributed by atoms with E-state index in [9.17, 15) is 0 Å². The van der Waals surface area contributed by atoms with E-state index in [1.807, 2.05) is 0 Å². The fourth-order valence-electron chi connectivity index (χ4n) is 3.95. The molecule has 2 aliphatic carbocycles. The van der Waals surface area contributed by atoms with Gasteiger partial charge in [-0.05, 0) is 48.6 Å². The van der Waals surface area contributed by atoms with E-state index in [0.29, 0.717) is 19.3 Å². The van der Waals surface area contributed by atoms with Gasteiger partial charge in [0.25, 0.3) is 0 Å². The van der Waals surface area contributed by atoms with Crippen molar-refractivity contribution in [1.82, 2.24) is 5.32 Å². The van der Waals surface area contributed by atoms with E-state index in [4.69, 9.17) is 9.84 Å². The Morgan fingerprint density at radius 3 is 2.30 bits per heavy atom. The topological polar surface area (TPSA) is 41.5 Å². The van der Waals surface area contributed by atoms with Crippen molar-refractivity contribution < 1.29 is 9.84 Å². The minimum absolute atomic E-state index is 0.115. The minimum atomic E-state index is 0.115. The van der Waals surface area contributed by atoms with Gasteiger partial charge in [0.15, 0.2) is 0 Å². The van der Waals surface area contributed by atoms with Crippen LogP contribution in [0.25, 0.3) is 0 Å². The summed E-state index contributed by atoms with van der Waals surface area (Å²) in [5, 5.41) is 12.4. The molecule has 1 aromatic rings. The second kappa shape index (κ2) is 6.70. The highest BCUT2D eigenvalue weighted by atomic mass is 16.5. The van der Waals surface area contributed by atoms with Crippen molar-refractivity contribution in [2.75, 3.05) is 26.4 Å². The van der Waals surface area contributed by atoms with E-state index in [-0.39, 0.29) is 6.61 Å². The average Bonchev–Trinajstić information content (AvgIpc) is 2.74. The van der Waals surface area contributed by atoms with Gasteiger partial charge in [0.1, 0.15) is 0 Å². The van der Waals surface area contributed by atoms with Crippen molar-refractivity contribution in [3.63, 3.8) is 0 Å². The Hall–Kier alpha value is -0.900. The molecule has 110 valence electrons. The number of rotatable bonds is 6. The van der Waals surface area contributed by atoms with Crippen LogP contribution < -0.4 is 5.32 Å². The third kappa shape index (κ3) is 3.05. The molecule has 0 aliphatic heterocycles. The van der Waals surface area contributed by atoms with Crippen LogP contribution >= 0.6 is 0 Å². The molecule has 0 aromatic heterocycles. The average molecular weight is 275 g/mol. The lowest BCUT2D eigenvalue weighted by Crippen LogP contribution is -2.39. The molecule has 3 rings (SSSR count). The molecule has 2 bridgehead atoms. The van der Waals surface area contributed by atoms with Crippen LogP contribution in [-0.4, -0.2) is 37.5 Å². The summed E-state index contributed by atoms with van der Waals surface area (Å²) in [6, 6.07) is 9.58. The van der Waals surface area contributed by atoms with E-state index in [1.165, 1.54) is 25.7 Å². The molecule has 2 atom stereocenters. The summed E-state index contributed by atoms with van der Waals surface area (Å²) in [6.45, 7) is 2.16. The van der Waals surface area contributed by atoms with Crippen LogP contribution in [0.2, 0.25) is 0 Å². The van der Waals surface area contributed by atoms with Crippen molar-refractivity contribution in [2.45, 2.75) is 31.7 Å². The fourth-order valence-corrected chi connectivity index (χ4v) is 3.95. The van der Waals surface area contributed by atoms with Crippen molar-refractivity contribution >= 4 is 0 Å². The number of fused-ring (bicyclic) bond motifs is 3. The summed E-state index contributed by atoms with van der Waals surface area (Å²) >= 11 is 0. The highest BCUT2D eigenvalue weighted by molar-refractivity contribution is 5.30. The molecule has 1 saturated carbocycles. The number of aliphatic hydroxyl groups excluding tert-OH is 1. The van der Waals surface area contributed by atoms with Gasteiger partial charge in [0, 0.05) is 12.6 Å². The van der Waals surface area contributed by atoms with E-state index < -0.39 is 0 Å². The zero-order valence-corrected chi connectivity index (χ0v) is 12.1. The molecular weight excluding hydrogens is 250 g/mol. The molecule has 2 N–H and O–H groups in total. The highest BCUT2D eigenvalue weighted by Gasteiger charge is 2.38. The van der Waals surface area contributed by atoms with Gasteiger partial charge in [-0.3, -0.25) is 0 Å². The Bertz CT molecular complexity index is 402. The van der Waals surface area contributed by atoms with Crippen LogP contribution in [0.15, 0.2) is 24.3 Å². The van der Waals surface area contributed by atoms with Gasteiger partial charge in [-0.15, -0.1) is 0 Å². The molecule has 3 nitrogen and oxygen atoms in total. The van der Waals surface area contributed by atoms with Crippen molar-refractivity contribution in [2.24, 2.45) is 11.8 Å². The van der Waals surface area contributed by atoms with Crippen LogP contribution in [0.4, 0.5) is 0 Å². The second-order valence-corrected chi connectivity index (χ2v) is 6.09. The molecular formula is C17H25NO2. The van der Waals surface area contributed by atoms with Crippen LogP contribution in [0.3, 0.4) is 0 Å². The number of aliphatic hydroxyl groups is 1. The summed E-state index contributed by atoms with van der Waals surface area (Å²) < 4.78 is 5.35. The first-order chi connectivity index (χ1) is 9.88. The third-order valence-corrected chi connectivity index (χ3v) is 4.87. The van der Waals surface area contributed by atoms with Gasteiger partial charge >= 0.3 is 0 Å². The molecule has 1 fully saturated rings. The summed E-state index contributed by atoms with van der Waals surface area (Å²) in [4.78, 5) is 0. The van der Waals surface area contributed by atoms with E-state index in [2.05, 4.69) is 29.6 Å². The van der Waals surface area contributed by atoms with Crippen LogP contribution in [0.5, 0.6) is 0 Å². The lowest BCUT2D eigenvalue weighted by atomic mass is 9.94. The Morgan fingerprint density at radius 1 is 1.05 bits per heavy atom. The fraction of sp³-hybridized carbons (Fsp3) is 0.647. The van der Waals surface area contributed by atoms with Gasteiger partial charge in [0.05, 0.1) is 19.8 Å². The van der Waals surface area contributed by atoms with Crippen LogP contribution in [-0.2, 0) is 17.6 Å². The molecule has 0 heterocycles. The predicted octanol–water partition coefficient (Wildman–Crippen LogP) is 1.78. The summed E-state index contributed by atoms with van der Waals surface area (Å²) in [6.07, 6.45) is 5.16. The zero-order chi connectivity index (χ0) is 13.8. The molecule has 1 aromatic carbocycles. The standard InChI is InChI=1S/C17H25NO2/c19-8-10-20-9-7-18-17-15-5-6-16(17)12-14-4-2-1-3-13(14)11-15/h1-4,15-19H,5-12H2. The Labute approximate surface area is 121 Å². The first-order valence-electron chi connectivity index (χ1n) is 7.87. The lowest BCUT2D eigenvalue weighted by molar-refractivity contribution is 0.0908.